The van der Waals surface area contributed by atoms with Crippen LogP contribution in [0.15, 0.2) is 72.1 Å². The monoisotopic (exact) mass is 399 g/mol. The van der Waals surface area contributed by atoms with Crippen molar-refractivity contribution in [1.82, 2.24) is 14.9 Å². The summed E-state index contributed by atoms with van der Waals surface area (Å²) in [6, 6.07) is 16.6. The summed E-state index contributed by atoms with van der Waals surface area (Å²) in [7, 11) is 4.16. The number of likely N-dealkylation sites (N-methyl/N-ethyl adjacent to an activating group) is 1. The van der Waals surface area contributed by atoms with Gasteiger partial charge in [-0.3, -0.25) is 9.36 Å². The second kappa shape index (κ2) is 9.52. The molecule has 3 rings (SSSR count). The third-order valence-corrected chi connectivity index (χ3v) is 5.39. The number of aromatic nitrogens is 2. The predicted octanol–water partition coefficient (Wildman–Crippen LogP) is 2.11. The SMILES string of the molecule is C[NH+](C)[C@@H](CNC(=O)CSc1nccn1-c1cccc(F)c1)c1ccccc1. The van der Waals surface area contributed by atoms with Gasteiger partial charge in [-0.2, -0.15) is 0 Å². The molecule has 0 aliphatic heterocycles. The number of thioether (sulfide) groups is 1. The molecule has 146 valence electrons. The summed E-state index contributed by atoms with van der Waals surface area (Å²) in [6.07, 6.45) is 3.40. The number of nitrogens with zero attached hydrogens (tertiary/aromatic N) is 2. The fourth-order valence-corrected chi connectivity index (χ4v) is 3.76. The van der Waals surface area contributed by atoms with Gasteiger partial charge in [-0.15, -0.1) is 0 Å². The largest absolute Gasteiger partial charge is 0.349 e. The minimum absolute atomic E-state index is 0.0547. The Kier molecular flexibility index (Phi) is 6.84. The first-order valence-electron chi connectivity index (χ1n) is 9.08. The molecule has 2 N–H and O–H groups in total. The third-order valence-electron chi connectivity index (χ3n) is 4.43. The van der Waals surface area contributed by atoms with Gasteiger partial charge in [-0.05, 0) is 18.2 Å². The molecule has 1 atom stereocenters. The van der Waals surface area contributed by atoms with E-state index in [2.05, 4.69) is 36.5 Å². The van der Waals surface area contributed by atoms with Gasteiger partial charge in [-0.25, -0.2) is 9.37 Å². The molecule has 0 bridgehead atoms. The number of imidazole rings is 1. The van der Waals surface area contributed by atoms with Crippen LogP contribution in [0.25, 0.3) is 5.69 Å². The Morgan fingerprint density at radius 2 is 2.00 bits per heavy atom. The van der Waals surface area contributed by atoms with Crippen LogP contribution in [0.4, 0.5) is 4.39 Å². The smallest absolute Gasteiger partial charge is 0.230 e. The van der Waals surface area contributed by atoms with Gasteiger partial charge in [0.15, 0.2) is 5.16 Å². The Morgan fingerprint density at radius 3 is 2.71 bits per heavy atom. The molecule has 0 saturated carbocycles. The second-order valence-electron chi connectivity index (χ2n) is 6.69. The number of quaternary nitrogens is 1. The quantitative estimate of drug-likeness (QED) is 0.571. The van der Waals surface area contributed by atoms with Crippen molar-refractivity contribution in [2.75, 3.05) is 26.4 Å². The van der Waals surface area contributed by atoms with Crippen LogP contribution in [-0.2, 0) is 4.79 Å². The van der Waals surface area contributed by atoms with Gasteiger partial charge in [0.1, 0.15) is 11.9 Å². The molecule has 0 fully saturated rings. The van der Waals surface area contributed by atoms with Crippen LogP contribution in [0.1, 0.15) is 11.6 Å². The first-order chi connectivity index (χ1) is 13.5. The van der Waals surface area contributed by atoms with E-state index < -0.39 is 0 Å². The highest BCUT2D eigenvalue weighted by atomic mass is 32.2. The number of hydrogen-bond donors (Lipinski definition) is 2. The maximum absolute atomic E-state index is 13.5. The van der Waals surface area contributed by atoms with E-state index in [0.717, 1.165) is 0 Å². The first-order valence-corrected chi connectivity index (χ1v) is 10.1. The van der Waals surface area contributed by atoms with Gasteiger partial charge < -0.3 is 10.2 Å². The van der Waals surface area contributed by atoms with E-state index in [-0.39, 0.29) is 23.5 Å². The van der Waals surface area contributed by atoms with Crippen LogP contribution in [-0.4, -0.2) is 41.9 Å². The molecular weight excluding hydrogens is 375 g/mol. The molecule has 0 spiro atoms. The molecule has 0 radical (unpaired) electrons. The number of amides is 1. The maximum atomic E-state index is 13.5. The molecule has 1 amide bonds. The summed E-state index contributed by atoms with van der Waals surface area (Å²) in [4.78, 5) is 17.9. The lowest BCUT2D eigenvalue weighted by atomic mass is 10.1. The Bertz CT molecular complexity index is 914. The van der Waals surface area contributed by atoms with E-state index in [9.17, 15) is 9.18 Å². The summed E-state index contributed by atoms with van der Waals surface area (Å²) < 4.78 is 15.3. The van der Waals surface area contributed by atoms with Gasteiger partial charge in [0.2, 0.25) is 5.91 Å². The summed E-state index contributed by atoms with van der Waals surface area (Å²) in [5.41, 5.74) is 1.87. The van der Waals surface area contributed by atoms with Crippen LogP contribution in [0.5, 0.6) is 0 Å². The van der Waals surface area contributed by atoms with Gasteiger partial charge >= 0.3 is 0 Å². The fraction of sp³-hybridized carbons (Fsp3) is 0.238. The Morgan fingerprint density at radius 1 is 1.21 bits per heavy atom. The number of halogens is 1. The summed E-state index contributed by atoms with van der Waals surface area (Å²) >= 11 is 1.33. The zero-order valence-corrected chi connectivity index (χ0v) is 16.7. The van der Waals surface area contributed by atoms with E-state index >= 15 is 0 Å². The number of rotatable bonds is 8. The van der Waals surface area contributed by atoms with E-state index in [1.54, 1.807) is 29.1 Å². The Balaban J connectivity index is 1.57. The highest BCUT2D eigenvalue weighted by Crippen LogP contribution is 2.20. The van der Waals surface area contributed by atoms with Crippen molar-refractivity contribution in [1.29, 1.82) is 0 Å². The predicted molar refractivity (Wildman–Crippen MR) is 109 cm³/mol. The average molecular weight is 400 g/mol. The molecule has 28 heavy (non-hydrogen) atoms. The minimum atomic E-state index is -0.307. The van der Waals surface area contributed by atoms with Gasteiger partial charge in [0, 0.05) is 18.0 Å². The molecule has 5 nitrogen and oxygen atoms in total. The van der Waals surface area contributed by atoms with Gasteiger partial charge in [0.25, 0.3) is 0 Å². The van der Waals surface area contributed by atoms with E-state index in [0.29, 0.717) is 17.4 Å². The van der Waals surface area contributed by atoms with Crippen LogP contribution < -0.4 is 10.2 Å². The van der Waals surface area contributed by atoms with Crippen molar-refractivity contribution in [3.05, 3.63) is 78.4 Å². The molecule has 7 heteroatoms. The number of carbonyl (C=O) groups excluding carboxylic acids is 1. The van der Waals surface area contributed by atoms with Crippen molar-refractivity contribution >= 4 is 17.7 Å². The molecule has 0 aliphatic rings. The molecule has 1 aromatic heterocycles. The molecule has 0 saturated heterocycles. The lowest BCUT2D eigenvalue weighted by Crippen LogP contribution is -3.07. The van der Waals surface area contributed by atoms with Gasteiger partial charge in [0.05, 0.1) is 32.1 Å². The van der Waals surface area contributed by atoms with Crippen LogP contribution in [0.2, 0.25) is 0 Å². The summed E-state index contributed by atoms with van der Waals surface area (Å²) in [5, 5.41) is 3.67. The Hall–Kier alpha value is -2.64. The number of nitrogens with one attached hydrogen (secondary N) is 2. The molecule has 2 aromatic carbocycles. The second-order valence-corrected chi connectivity index (χ2v) is 7.64. The van der Waals surface area contributed by atoms with Crippen molar-refractivity contribution in [3.63, 3.8) is 0 Å². The molecule has 0 aliphatic carbocycles. The highest BCUT2D eigenvalue weighted by molar-refractivity contribution is 7.99. The molecule has 1 heterocycles. The van der Waals surface area contributed by atoms with E-state index in [1.165, 1.54) is 34.4 Å². The van der Waals surface area contributed by atoms with Crippen molar-refractivity contribution < 1.29 is 14.1 Å². The average Bonchev–Trinajstić information content (AvgIpc) is 3.16. The van der Waals surface area contributed by atoms with Gasteiger partial charge in [-0.1, -0.05) is 48.2 Å². The lowest BCUT2D eigenvalue weighted by Gasteiger charge is -2.22. The first kappa shape index (κ1) is 20.1. The topological polar surface area (TPSA) is 51.4 Å². The van der Waals surface area contributed by atoms with Crippen molar-refractivity contribution in [2.45, 2.75) is 11.2 Å². The normalized spacial score (nSPS) is 12.1. The number of benzene rings is 2. The molecule has 3 aromatic rings. The maximum Gasteiger partial charge on any atom is 0.230 e. The standard InChI is InChI=1S/C21H23FN4OS/c1-25(2)19(16-7-4-3-5-8-16)14-24-20(27)15-28-21-23-11-12-26(21)18-10-6-9-17(22)13-18/h3-13,19H,14-15H2,1-2H3,(H,24,27)/p+1/t19-/m0/s1. The molecular formula is C21H24FN4OS+. The number of carbonyl (C=O) groups is 1. The third kappa shape index (κ3) is 5.21. The summed E-state index contributed by atoms with van der Waals surface area (Å²) in [5.74, 6) is -0.115. The zero-order valence-electron chi connectivity index (χ0n) is 15.9. The van der Waals surface area contributed by atoms with Crippen LogP contribution >= 0.6 is 11.8 Å². The summed E-state index contributed by atoms with van der Waals surface area (Å²) in [6.45, 7) is 0.560. The van der Waals surface area contributed by atoms with Crippen LogP contribution in [0, 0.1) is 5.82 Å². The number of hydrogen-bond acceptors (Lipinski definition) is 3. The molecule has 0 unspecified atom stereocenters. The van der Waals surface area contributed by atoms with Crippen molar-refractivity contribution in [2.24, 2.45) is 0 Å². The van der Waals surface area contributed by atoms with E-state index in [4.69, 9.17) is 0 Å². The lowest BCUT2D eigenvalue weighted by molar-refractivity contribution is -0.890. The van der Waals surface area contributed by atoms with E-state index in [1.807, 2.05) is 18.2 Å². The van der Waals surface area contributed by atoms with Crippen LogP contribution in [0.3, 0.4) is 0 Å². The van der Waals surface area contributed by atoms with Crippen molar-refractivity contribution in [3.8, 4) is 5.69 Å². The Labute approximate surface area is 168 Å². The zero-order chi connectivity index (χ0) is 19.9. The highest BCUT2D eigenvalue weighted by Gasteiger charge is 2.18. The fourth-order valence-electron chi connectivity index (χ4n) is 2.96. The minimum Gasteiger partial charge on any atom is -0.349 e.